The van der Waals surface area contributed by atoms with Gasteiger partial charge in [-0.1, -0.05) is 0 Å². The summed E-state index contributed by atoms with van der Waals surface area (Å²) in [5.74, 6) is 0. The summed E-state index contributed by atoms with van der Waals surface area (Å²) >= 11 is 1.65. The van der Waals surface area contributed by atoms with Crippen LogP contribution in [0.2, 0.25) is 0 Å². The SMILES string of the molecule is Cc1csc(CC2(O)CCC2)n1. The Balaban J connectivity index is 2.03. The molecule has 0 aliphatic heterocycles. The molecule has 3 heteroatoms. The molecule has 1 aliphatic rings. The summed E-state index contributed by atoms with van der Waals surface area (Å²) in [5.41, 5.74) is 0.655. The minimum absolute atomic E-state index is 0.412. The first-order valence-corrected chi connectivity index (χ1v) is 5.19. The van der Waals surface area contributed by atoms with Gasteiger partial charge in [-0.3, -0.25) is 0 Å². The maximum absolute atomic E-state index is 9.84. The topological polar surface area (TPSA) is 33.1 Å². The van der Waals surface area contributed by atoms with Crippen molar-refractivity contribution in [3.05, 3.63) is 16.1 Å². The molecule has 0 spiro atoms. The van der Waals surface area contributed by atoms with Gasteiger partial charge < -0.3 is 5.11 Å². The normalized spacial score (nSPS) is 20.5. The van der Waals surface area contributed by atoms with Crippen LogP contribution in [0, 0.1) is 6.92 Å². The van der Waals surface area contributed by atoms with Gasteiger partial charge >= 0.3 is 0 Å². The predicted octanol–water partition coefficient (Wildman–Crippen LogP) is 1.91. The van der Waals surface area contributed by atoms with E-state index in [0.29, 0.717) is 0 Å². The molecule has 0 amide bonds. The second-order valence-corrected chi connectivity index (χ2v) is 4.58. The third kappa shape index (κ3) is 1.52. The summed E-state index contributed by atoms with van der Waals surface area (Å²) in [6.07, 6.45) is 3.82. The fourth-order valence-corrected chi connectivity index (χ4v) is 2.44. The summed E-state index contributed by atoms with van der Waals surface area (Å²) in [7, 11) is 0. The van der Waals surface area contributed by atoms with Crippen molar-refractivity contribution in [2.75, 3.05) is 0 Å². The Morgan fingerprint density at radius 1 is 1.67 bits per heavy atom. The molecular formula is C9H13NOS. The summed E-state index contributed by atoms with van der Waals surface area (Å²) < 4.78 is 0. The largest absolute Gasteiger partial charge is 0.389 e. The van der Waals surface area contributed by atoms with Crippen LogP contribution in [0.15, 0.2) is 5.38 Å². The molecule has 1 heterocycles. The van der Waals surface area contributed by atoms with Crippen LogP contribution in [0.4, 0.5) is 0 Å². The van der Waals surface area contributed by atoms with Crippen LogP contribution in [-0.4, -0.2) is 15.7 Å². The maximum atomic E-state index is 9.84. The summed E-state index contributed by atoms with van der Waals surface area (Å²) in [4.78, 5) is 4.34. The van der Waals surface area contributed by atoms with Crippen LogP contribution in [0.3, 0.4) is 0 Å². The Hall–Kier alpha value is -0.410. The van der Waals surface area contributed by atoms with Gasteiger partial charge in [-0.05, 0) is 26.2 Å². The summed E-state index contributed by atoms with van der Waals surface area (Å²) in [6, 6.07) is 0. The van der Waals surface area contributed by atoms with Crippen LogP contribution >= 0.6 is 11.3 Å². The molecule has 0 atom stereocenters. The van der Waals surface area contributed by atoms with Crippen molar-refractivity contribution in [2.45, 2.75) is 38.2 Å². The van der Waals surface area contributed by atoms with Crippen molar-refractivity contribution in [1.82, 2.24) is 4.98 Å². The summed E-state index contributed by atoms with van der Waals surface area (Å²) in [6.45, 7) is 1.99. The van der Waals surface area contributed by atoms with Crippen LogP contribution in [0.5, 0.6) is 0 Å². The Kier molecular flexibility index (Phi) is 1.93. The van der Waals surface area contributed by atoms with Crippen LogP contribution < -0.4 is 0 Å². The molecule has 1 N–H and O–H groups in total. The Bertz CT molecular complexity index is 278. The van der Waals surface area contributed by atoms with E-state index in [1.54, 1.807) is 11.3 Å². The number of aliphatic hydroxyl groups is 1. The third-order valence-electron chi connectivity index (χ3n) is 2.43. The quantitative estimate of drug-likeness (QED) is 0.759. The summed E-state index contributed by atoms with van der Waals surface area (Å²) in [5, 5.41) is 13.0. The van der Waals surface area contributed by atoms with Gasteiger partial charge in [0.05, 0.1) is 10.6 Å². The molecule has 12 heavy (non-hydrogen) atoms. The molecule has 1 fully saturated rings. The minimum Gasteiger partial charge on any atom is -0.389 e. The molecule has 1 aliphatic carbocycles. The minimum atomic E-state index is -0.412. The van der Waals surface area contributed by atoms with Crippen molar-refractivity contribution in [3.8, 4) is 0 Å². The average Bonchev–Trinajstić information content (AvgIpc) is 2.32. The number of thiazole rings is 1. The van der Waals surface area contributed by atoms with E-state index in [1.165, 1.54) is 6.42 Å². The van der Waals surface area contributed by atoms with Crippen molar-refractivity contribution in [1.29, 1.82) is 0 Å². The van der Waals surface area contributed by atoms with Crippen LogP contribution in [0.25, 0.3) is 0 Å². The van der Waals surface area contributed by atoms with E-state index in [4.69, 9.17) is 0 Å². The first-order valence-electron chi connectivity index (χ1n) is 4.31. The number of rotatable bonds is 2. The Labute approximate surface area is 76.3 Å². The van der Waals surface area contributed by atoms with E-state index in [0.717, 1.165) is 30.0 Å². The second-order valence-electron chi connectivity index (χ2n) is 3.64. The fourth-order valence-electron chi connectivity index (χ4n) is 1.53. The van der Waals surface area contributed by atoms with Crippen molar-refractivity contribution in [3.63, 3.8) is 0 Å². The molecule has 0 unspecified atom stereocenters. The predicted molar refractivity (Wildman–Crippen MR) is 49.4 cm³/mol. The lowest BCUT2D eigenvalue weighted by Crippen LogP contribution is -2.38. The highest BCUT2D eigenvalue weighted by Gasteiger charge is 2.35. The molecular weight excluding hydrogens is 170 g/mol. The Morgan fingerprint density at radius 2 is 2.42 bits per heavy atom. The lowest BCUT2D eigenvalue weighted by molar-refractivity contribution is -0.0323. The maximum Gasteiger partial charge on any atom is 0.0956 e. The highest BCUT2D eigenvalue weighted by molar-refractivity contribution is 7.09. The number of hydrogen-bond acceptors (Lipinski definition) is 3. The van der Waals surface area contributed by atoms with Crippen molar-refractivity contribution >= 4 is 11.3 Å². The standard InChI is InChI=1S/C9H13NOS/c1-7-6-12-8(10-7)5-9(11)3-2-4-9/h6,11H,2-5H2,1H3. The van der Waals surface area contributed by atoms with E-state index in [2.05, 4.69) is 4.98 Å². The molecule has 0 bridgehead atoms. The zero-order valence-corrected chi connectivity index (χ0v) is 8.02. The highest BCUT2D eigenvalue weighted by atomic mass is 32.1. The number of aryl methyl sites for hydroxylation is 1. The number of hydrogen-bond donors (Lipinski definition) is 1. The van der Waals surface area contributed by atoms with Gasteiger partial charge in [0, 0.05) is 17.5 Å². The van der Waals surface area contributed by atoms with Gasteiger partial charge in [0.2, 0.25) is 0 Å². The molecule has 0 saturated heterocycles. The smallest absolute Gasteiger partial charge is 0.0956 e. The highest BCUT2D eigenvalue weighted by Crippen LogP contribution is 2.35. The van der Waals surface area contributed by atoms with Crippen molar-refractivity contribution in [2.24, 2.45) is 0 Å². The van der Waals surface area contributed by atoms with E-state index < -0.39 is 5.60 Å². The van der Waals surface area contributed by atoms with E-state index in [1.807, 2.05) is 12.3 Å². The first-order chi connectivity index (χ1) is 5.68. The molecule has 1 saturated carbocycles. The third-order valence-corrected chi connectivity index (χ3v) is 3.40. The van der Waals surface area contributed by atoms with Gasteiger partial charge in [-0.2, -0.15) is 0 Å². The zero-order chi connectivity index (χ0) is 8.60. The molecule has 0 radical (unpaired) electrons. The lowest BCUT2D eigenvalue weighted by atomic mass is 9.78. The average molecular weight is 183 g/mol. The zero-order valence-electron chi connectivity index (χ0n) is 7.21. The lowest BCUT2D eigenvalue weighted by Gasteiger charge is -2.35. The fraction of sp³-hybridized carbons (Fsp3) is 0.667. The van der Waals surface area contributed by atoms with Gasteiger partial charge in [0.15, 0.2) is 0 Å². The second kappa shape index (κ2) is 2.82. The van der Waals surface area contributed by atoms with E-state index in [9.17, 15) is 5.11 Å². The first kappa shape index (κ1) is 8.20. The van der Waals surface area contributed by atoms with Gasteiger partial charge in [0.25, 0.3) is 0 Å². The van der Waals surface area contributed by atoms with E-state index in [-0.39, 0.29) is 0 Å². The van der Waals surface area contributed by atoms with Crippen molar-refractivity contribution < 1.29 is 5.11 Å². The van der Waals surface area contributed by atoms with Crippen LogP contribution in [-0.2, 0) is 6.42 Å². The van der Waals surface area contributed by atoms with E-state index >= 15 is 0 Å². The number of nitrogens with zero attached hydrogens (tertiary/aromatic N) is 1. The van der Waals surface area contributed by atoms with Gasteiger partial charge in [-0.15, -0.1) is 11.3 Å². The molecule has 0 aromatic carbocycles. The molecule has 1 aromatic heterocycles. The molecule has 2 rings (SSSR count). The monoisotopic (exact) mass is 183 g/mol. The van der Waals surface area contributed by atoms with Crippen LogP contribution in [0.1, 0.15) is 30.0 Å². The molecule has 66 valence electrons. The molecule has 2 nitrogen and oxygen atoms in total. The molecule has 1 aromatic rings. The number of aromatic nitrogens is 1. The van der Waals surface area contributed by atoms with Gasteiger partial charge in [0.1, 0.15) is 0 Å². The van der Waals surface area contributed by atoms with Gasteiger partial charge in [-0.25, -0.2) is 4.98 Å². The Morgan fingerprint density at radius 3 is 2.83 bits per heavy atom.